The second-order valence-electron chi connectivity index (χ2n) is 6.09. The minimum absolute atomic E-state index is 0.0585. The zero-order valence-electron chi connectivity index (χ0n) is 13.1. The molecular formula is C16H21NO5S. The average Bonchev–Trinajstić information content (AvgIpc) is 2.49. The normalized spacial score (nSPS) is 20.2. The highest BCUT2D eigenvalue weighted by molar-refractivity contribution is 7.85. The monoisotopic (exact) mass is 339 g/mol. The third-order valence-electron chi connectivity index (χ3n) is 4.17. The molecule has 1 aliphatic carbocycles. The summed E-state index contributed by atoms with van der Waals surface area (Å²) in [6.45, 7) is 0.0585. The minimum atomic E-state index is -3.44. The van der Waals surface area contributed by atoms with Gasteiger partial charge < -0.3 is 10.1 Å². The van der Waals surface area contributed by atoms with Crippen molar-refractivity contribution in [3.05, 3.63) is 23.3 Å². The Kier molecular flexibility index (Phi) is 4.59. The summed E-state index contributed by atoms with van der Waals surface area (Å²) in [5, 5.41) is 2.89. The lowest BCUT2D eigenvalue weighted by molar-refractivity contribution is -0.123. The molecule has 1 aliphatic heterocycles. The number of ether oxygens (including phenoxy) is 1. The highest BCUT2D eigenvalue weighted by atomic mass is 32.2. The van der Waals surface area contributed by atoms with Gasteiger partial charge in [0.1, 0.15) is 5.75 Å². The molecule has 1 unspecified atom stereocenters. The van der Waals surface area contributed by atoms with Crippen LogP contribution in [0.4, 0.5) is 5.69 Å². The van der Waals surface area contributed by atoms with Crippen LogP contribution in [-0.2, 0) is 31.9 Å². The molecule has 0 saturated carbocycles. The van der Waals surface area contributed by atoms with Gasteiger partial charge >= 0.3 is 0 Å². The number of aryl methyl sites for hydroxylation is 2. The second kappa shape index (κ2) is 6.49. The number of hydrogen-bond donors (Lipinski definition) is 1. The van der Waals surface area contributed by atoms with Crippen LogP contribution in [0.5, 0.6) is 5.75 Å². The van der Waals surface area contributed by atoms with E-state index in [1.165, 1.54) is 24.0 Å². The van der Waals surface area contributed by atoms with Crippen molar-refractivity contribution in [3.63, 3.8) is 0 Å². The fourth-order valence-corrected chi connectivity index (χ4v) is 3.47. The Morgan fingerprint density at radius 1 is 1.26 bits per heavy atom. The van der Waals surface area contributed by atoms with Crippen LogP contribution >= 0.6 is 0 Å². The van der Waals surface area contributed by atoms with Gasteiger partial charge in [-0.2, -0.15) is 8.42 Å². The minimum Gasteiger partial charge on any atom is -0.478 e. The Labute approximate surface area is 136 Å². The molecule has 0 fully saturated rings. The lowest BCUT2D eigenvalue weighted by Crippen LogP contribution is -2.37. The topological polar surface area (TPSA) is 81.7 Å². The van der Waals surface area contributed by atoms with Crippen molar-refractivity contribution in [2.24, 2.45) is 0 Å². The van der Waals surface area contributed by atoms with Crippen molar-refractivity contribution in [1.29, 1.82) is 0 Å². The summed E-state index contributed by atoms with van der Waals surface area (Å²) < 4.78 is 32.3. The first-order chi connectivity index (χ1) is 10.9. The van der Waals surface area contributed by atoms with Crippen LogP contribution in [0.2, 0.25) is 0 Å². The summed E-state index contributed by atoms with van der Waals surface area (Å²) in [6, 6.07) is 4.05. The number of benzene rings is 1. The number of hydrogen-bond acceptors (Lipinski definition) is 5. The largest absolute Gasteiger partial charge is 0.478 e. The maximum absolute atomic E-state index is 12.1. The number of amides is 1. The number of nitrogens with one attached hydrogen (secondary N) is 1. The number of anilines is 1. The van der Waals surface area contributed by atoms with E-state index in [-0.39, 0.29) is 12.5 Å². The summed E-state index contributed by atoms with van der Waals surface area (Å²) in [6.07, 6.45) is 5.72. The smallest absolute Gasteiger partial charge is 0.265 e. The maximum atomic E-state index is 12.1. The van der Waals surface area contributed by atoms with E-state index in [9.17, 15) is 13.2 Å². The quantitative estimate of drug-likeness (QED) is 0.656. The van der Waals surface area contributed by atoms with Gasteiger partial charge in [0.15, 0.2) is 6.10 Å². The van der Waals surface area contributed by atoms with Gasteiger partial charge in [0, 0.05) is 0 Å². The van der Waals surface area contributed by atoms with Gasteiger partial charge in [-0.3, -0.25) is 8.98 Å². The van der Waals surface area contributed by atoms with E-state index in [0.29, 0.717) is 18.6 Å². The first-order valence-electron chi connectivity index (χ1n) is 7.90. The molecule has 23 heavy (non-hydrogen) atoms. The summed E-state index contributed by atoms with van der Waals surface area (Å²) >= 11 is 0. The third kappa shape index (κ3) is 4.03. The number of fused-ring (bicyclic) bond motifs is 2. The molecule has 1 aromatic carbocycles. The molecule has 3 rings (SSSR count). The van der Waals surface area contributed by atoms with Gasteiger partial charge in [-0.05, 0) is 61.8 Å². The summed E-state index contributed by atoms with van der Waals surface area (Å²) in [5.41, 5.74) is 3.32. The van der Waals surface area contributed by atoms with E-state index in [1.54, 1.807) is 0 Å². The van der Waals surface area contributed by atoms with Crippen LogP contribution < -0.4 is 10.1 Å². The highest BCUT2D eigenvalue weighted by Crippen LogP contribution is 2.36. The molecule has 2 aliphatic rings. The Morgan fingerprint density at radius 2 is 1.96 bits per heavy atom. The van der Waals surface area contributed by atoms with Crippen molar-refractivity contribution >= 4 is 21.7 Å². The summed E-state index contributed by atoms with van der Waals surface area (Å²) in [5.74, 6) is 0.520. The predicted molar refractivity (Wildman–Crippen MR) is 86.2 cm³/mol. The average molecular weight is 339 g/mol. The Bertz CT molecular complexity index is 713. The van der Waals surface area contributed by atoms with E-state index in [4.69, 9.17) is 4.74 Å². The first kappa shape index (κ1) is 16.3. The molecule has 1 atom stereocenters. The molecular weight excluding hydrogens is 318 g/mol. The zero-order chi connectivity index (χ0) is 16.4. The Morgan fingerprint density at radius 3 is 2.65 bits per heavy atom. The molecule has 6 nitrogen and oxygen atoms in total. The van der Waals surface area contributed by atoms with Crippen molar-refractivity contribution in [1.82, 2.24) is 0 Å². The lowest BCUT2D eigenvalue weighted by atomic mass is 9.90. The third-order valence-corrected chi connectivity index (χ3v) is 4.77. The summed E-state index contributed by atoms with van der Waals surface area (Å²) in [4.78, 5) is 12.1. The number of rotatable bonds is 5. The molecule has 0 spiro atoms. The van der Waals surface area contributed by atoms with Gasteiger partial charge in [-0.15, -0.1) is 0 Å². The van der Waals surface area contributed by atoms with Crippen molar-refractivity contribution in [2.75, 3.05) is 18.2 Å². The van der Waals surface area contributed by atoms with Gasteiger partial charge in [0.2, 0.25) is 0 Å². The van der Waals surface area contributed by atoms with Crippen LogP contribution in [0.1, 0.15) is 36.8 Å². The van der Waals surface area contributed by atoms with Crippen molar-refractivity contribution < 1.29 is 22.1 Å². The molecule has 1 amide bonds. The van der Waals surface area contributed by atoms with Crippen LogP contribution in [0.3, 0.4) is 0 Å². The van der Waals surface area contributed by atoms with Crippen molar-refractivity contribution in [3.8, 4) is 5.75 Å². The van der Waals surface area contributed by atoms with Gasteiger partial charge in [-0.25, -0.2) is 0 Å². The van der Waals surface area contributed by atoms with Crippen molar-refractivity contribution in [2.45, 2.75) is 44.6 Å². The van der Waals surface area contributed by atoms with Crippen LogP contribution in [0.15, 0.2) is 12.1 Å². The second-order valence-corrected chi connectivity index (χ2v) is 7.73. The Hall–Kier alpha value is -1.60. The van der Waals surface area contributed by atoms with E-state index in [0.717, 1.165) is 24.8 Å². The standard InChI is InChI=1S/C16H21NO5S/c1-23(19,20)21-8-4-7-14-16(18)17-13-9-11-5-2-3-6-12(11)10-15(13)22-14/h9-10,14H,2-8H2,1H3,(H,17,18). The molecule has 1 N–H and O–H groups in total. The number of carbonyl (C=O) groups is 1. The first-order valence-corrected chi connectivity index (χ1v) is 9.72. The van der Waals surface area contributed by atoms with Crippen LogP contribution in [0, 0.1) is 0 Å². The molecule has 126 valence electrons. The maximum Gasteiger partial charge on any atom is 0.265 e. The van der Waals surface area contributed by atoms with E-state index >= 15 is 0 Å². The molecule has 0 bridgehead atoms. The molecule has 0 radical (unpaired) electrons. The number of carbonyl (C=O) groups excluding carboxylic acids is 1. The van der Waals surface area contributed by atoms with Gasteiger partial charge in [0.05, 0.1) is 18.6 Å². The van der Waals surface area contributed by atoms with Gasteiger partial charge in [-0.1, -0.05) is 0 Å². The van der Waals surface area contributed by atoms with Gasteiger partial charge in [0.25, 0.3) is 16.0 Å². The predicted octanol–water partition coefficient (Wildman–Crippen LogP) is 2.02. The van der Waals surface area contributed by atoms with E-state index < -0.39 is 16.2 Å². The highest BCUT2D eigenvalue weighted by Gasteiger charge is 2.28. The fraction of sp³-hybridized carbons (Fsp3) is 0.562. The fourth-order valence-electron chi connectivity index (χ4n) is 3.05. The zero-order valence-corrected chi connectivity index (χ0v) is 13.9. The van der Waals surface area contributed by atoms with E-state index in [1.807, 2.05) is 12.1 Å². The molecule has 7 heteroatoms. The Balaban J connectivity index is 1.64. The summed E-state index contributed by atoms with van der Waals surface area (Å²) in [7, 11) is -3.44. The SMILES string of the molecule is CS(=O)(=O)OCCCC1Oc2cc3c(cc2NC1=O)CCCC3. The molecule has 0 aromatic heterocycles. The lowest BCUT2D eigenvalue weighted by Gasteiger charge is -2.28. The van der Waals surface area contributed by atoms with E-state index in [2.05, 4.69) is 9.50 Å². The van der Waals surface area contributed by atoms with Crippen LogP contribution in [0.25, 0.3) is 0 Å². The van der Waals surface area contributed by atoms with Crippen LogP contribution in [-0.4, -0.2) is 33.3 Å². The molecule has 1 aromatic rings. The molecule has 1 heterocycles. The molecule has 0 saturated heterocycles.